The molecule has 0 aliphatic heterocycles. The normalized spacial score (nSPS) is 16.2. The Morgan fingerprint density at radius 3 is 2.61 bits per heavy atom. The molecule has 0 heterocycles. The van der Waals surface area contributed by atoms with E-state index < -0.39 is 17.6 Å². The van der Waals surface area contributed by atoms with E-state index >= 15 is 0 Å². The van der Waals surface area contributed by atoms with Crippen LogP contribution in [0.4, 0.5) is 13.2 Å². The Morgan fingerprint density at radius 2 is 2.06 bits per heavy atom. The van der Waals surface area contributed by atoms with E-state index in [0.717, 1.165) is 25.0 Å². The predicted molar refractivity (Wildman–Crippen MR) is 61.1 cm³/mol. The summed E-state index contributed by atoms with van der Waals surface area (Å²) < 4.78 is 37.4. The molecule has 5 heteroatoms. The lowest BCUT2D eigenvalue weighted by Gasteiger charge is -2.25. The van der Waals surface area contributed by atoms with Crippen LogP contribution in [0.3, 0.4) is 0 Å². The molecule has 0 aromatic heterocycles. The standard InChI is InChI=1S/C13H14F3NO/c14-13(15,16)11-6-2-5-10(7-11)12(18)17-8-9-3-1-4-9/h2,5-7,9H,1,3-4,8H2,(H,17,18). The Labute approximate surface area is 103 Å². The monoisotopic (exact) mass is 257 g/mol. The minimum absolute atomic E-state index is 0.0594. The SMILES string of the molecule is O=C(NCC1CCC1)c1cccc(C(F)(F)F)c1. The zero-order valence-electron chi connectivity index (χ0n) is 9.76. The van der Waals surface area contributed by atoms with Crippen LogP contribution in [0.25, 0.3) is 0 Å². The van der Waals surface area contributed by atoms with Crippen molar-refractivity contribution < 1.29 is 18.0 Å². The summed E-state index contributed by atoms with van der Waals surface area (Å²) in [7, 11) is 0. The van der Waals surface area contributed by atoms with Crippen LogP contribution >= 0.6 is 0 Å². The smallest absolute Gasteiger partial charge is 0.352 e. The second kappa shape index (κ2) is 5.00. The number of rotatable bonds is 3. The highest BCUT2D eigenvalue weighted by Gasteiger charge is 2.30. The van der Waals surface area contributed by atoms with Crippen molar-refractivity contribution >= 4 is 5.91 Å². The van der Waals surface area contributed by atoms with Gasteiger partial charge in [0, 0.05) is 12.1 Å². The number of alkyl halides is 3. The summed E-state index contributed by atoms with van der Waals surface area (Å²) >= 11 is 0. The largest absolute Gasteiger partial charge is 0.416 e. The molecule has 0 radical (unpaired) electrons. The molecular formula is C13H14F3NO. The van der Waals surface area contributed by atoms with Gasteiger partial charge in [0.05, 0.1) is 5.56 Å². The molecule has 18 heavy (non-hydrogen) atoms. The molecule has 2 nitrogen and oxygen atoms in total. The fraction of sp³-hybridized carbons (Fsp3) is 0.462. The van der Waals surface area contributed by atoms with Crippen LogP contribution < -0.4 is 5.32 Å². The van der Waals surface area contributed by atoms with Crippen molar-refractivity contribution in [3.05, 3.63) is 35.4 Å². The highest BCUT2D eigenvalue weighted by atomic mass is 19.4. The molecule has 1 aromatic carbocycles. The van der Waals surface area contributed by atoms with Crippen LogP contribution in [0.2, 0.25) is 0 Å². The maximum Gasteiger partial charge on any atom is 0.416 e. The van der Waals surface area contributed by atoms with Crippen LogP contribution in [-0.4, -0.2) is 12.5 Å². The fourth-order valence-corrected chi connectivity index (χ4v) is 1.87. The highest BCUT2D eigenvalue weighted by molar-refractivity contribution is 5.94. The Hall–Kier alpha value is -1.52. The van der Waals surface area contributed by atoms with Crippen molar-refractivity contribution in [3.8, 4) is 0 Å². The van der Waals surface area contributed by atoms with Crippen molar-refractivity contribution in [1.29, 1.82) is 0 Å². The van der Waals surface area contributed by atoms with E-state index in [2.05, 4.69) is 5.32 Å². The zero-order valence-corrected chi connectivity index (χ0v) is 9.76. The molecule has 2 rings (SSSR count). The second-order valence-corrected chi connectivity index (χ2v) is 4.59. The van der Waals surface area contributed by atoms with Crippen molar-refractivity contribution in [3.63, 3.8) is 0 Å². The summed E-state index contributed by atoms with van der Waals surface area (Å²) in [6.07, 6.45) is -1.07. The molecule has 1 aliphatic carbocycles. The van der Waals surface area contributed by atoms with Crippen molar-refractivity contribution in [1.82, 2.24) is 5.32 Å². The Kier molecular flexibility index (Phi) is 3.59. The average Bonchev–Trinajstić information content (AvgIpc) is 2.26. The van der Waals surface area contributed by atoms with E-state index in [1.54, 1.807) is 0 Å². The van der Waals surface area contributed by atoms with Crippen molar-refractivity contribution in [2.45, 2.75) is 25.4 Å². The first-order chi connectivity index (χ1) is 8.47. The molecule has 0 saturated heterocycles. The number of benzene rings is 1. The van der Waals surface area contributed by atoms with Gasteiger partial charge in [-0.05, 0) is 37.0 Å². The lowest BCUT2D eigenvalue weighted by Crippen LogP contribution is -2.32. The van der Waals surface area contributed by atoms with Gasteiger partial charge in [-0.15, -0.1) is 0 Å². The molecule has 1 saturated carbocycles. The van der Waals surface area contributed by atoms with E-state index in [1.807, 2.05) is 0 Å². The molecule has 1 aromatic rings. The van der Waals surface area contributed by atoms with Gasteiger partial charge in [0.2, 0.25) is 0 Å². The summed E-state index contributed by atoms with van der Waals surface area (Å²) in [5, 5.41) is 2.67. The van der Waals surface area contributed by atoms with Crippen LogP contribution in [-0.2, 0) is 6.18 Å². The molecule has 98 valence electrons. The van der Waals surface area contributed by atoms with Crippen LogP contribution in [0.1, 0.15) is 35.2 Å². The van der Waals surface area contributed by atoms with Gasteiger partial charge in [-0.3, -0.25) is 4.79 Å². The predicted octanol–water partition coefficient (Wildman–Crippen LogP) is 3.24. The number of nitrogens with one attached hydrogen (secondary N) is 1. The number of hydrogen-bond donors (Lipinski definition) is 1. The summed E-state index contributed by atoms with van der Waals surface area (Å²) in [4.78, 5) is 11.7. The van der Waals surface area contributed by atoms with E-state index in [-0.39, 0.29) is 5.56 Å². The quantitative estimate of drug-likeness (QED) is 0.885. The number of carbonyl (C=O) groups excluding carboxylic acids is 1. The summed E-state index contributed by atoms with van der Waals surface area (Å²) in [6.45, 7) is 0.551. The van der Waals surface area contributed by atoms with Gasteiger partial charge in [0.15, 0.2) is 0 Å². The lowest BCUT2D eigenvalue weighted by atomic mass is 9.85. The summed E-state index contributed by atoms with van der Waals surface area (Å²) in [6, 6.07) is 4.49. The van der Waals surface area contributed by atoms with Crippen LogP contribution in [0.15, 0.2) is 24.3 Å². The fourth-order valence-electron chi connectivity index (χ4n) is 1.87. The van der Waals surface area contributed by atoms with Gasteiger partial charge in [-0.25, -0.2) is 0 Å². The van der Waals surface area contributed by atoms with Crippen molar-refractivity contribution in [2.75, 3.05) is 6.54 Å². The molecule has 0 unspecified atom stereocenters. The van der Waals surface area contributed by atoms with Gasteiger partial charge in [-0.2, -0.15) is 13.2 Å². The second-order valence-electron chi connectivity index (χ2n) is 4.59. The highest BCUT2D eigenvalue weighted by Crippen LogP contribution is 2.29. The Balaban J connectivity index is 2.00. The lowest BCUT2D eigenvalue weighted by molar-refractivity contribution is -0.137. The maximum atomic E-state index is 12.5. The van der Waals surface area contributed by atoms with Gasteiger partial charge >= 0.3 is 6.18 Å². The molecular weight excluding hydrogens is 243 g/mol. The van der Waals surface area contributed by atoms with E-state index in [0.29, 0.717) is 12.5 Å². The van der Waals surface area contributed by atoms with Gasteiger partial charge in [-0.1, -0.05) is 12.5 Å². The number of hydrogen-bond acceptors (Lipinski definition) is 1. The molecule has 1 amide bonds. The average molecular weight is 257 g/mol. The Morgan fingerprint density at radius 1 is 1.33 bits per heavy atom. The molecule has 1 aliphatic rings. The third kappa shape index (κ3) is 3.03. The third-order valence-electron chi connectivity index (χ3n) is 3.23. The molecule has 0 spiro atoms. The van der Waals surface area contributed by atoms with Crippen LogP contribution in [0, 0.1) is 5.92 Å². The number of halogens is 3. The van der Waals surface area contributed by atoms with Gasteiger partial charge in [0.25, 0.3) is 5.91 Å². The zero-order chi connectivity index (χ0) is 13.2. The van der Waals surface area contributed by atoms with Crippen LogP contribution in [0.5, 0.6) is 0 Å². The maximum absolute atomic E-state index is 12.5. The van der Waals surface area contributed by atoms with Crippen molar-refractivity contribution in [2.24, 2.45) is 5.92 Å². The van der Waals surface area contributed by atoms with Gasteiger partial charge < -0.3 is 5.32 Å². The summed E-state index contributed by atoms with van der Waals surface area (Å²) in [5.74, 6) is 0.0488. The first-order valence-electron chi connectivity index (χ1n) is 5.92. The first-order valence-corrected chi connectivity index (χ1v) is 5.92. The summed E-state index contributed by atoms with van der Waals surface area (Å²) in [5.41, 5.74) is -0.733. The molecule has 0 atom stereocenters. The Bertz CT molecular complexity index is 438. The third-order valence-corrected chi connectivity index (χ3v) is 3.23. The molecule has 1 N–H and O–H groups in total. The number of amides is 1. The minimum atomic E-state index is -4.41. The molecule has 1 fully saturated rings. The first kappa shape index (κ1) is 12.9. The minimum Gasteiger partial charge on any atom is -0.352 e. The van der Waals surface area contributed by atoms with Gasteiger partial charge in [0.1, 0.15) is 0 Å². The molecule has 0 bridgehead atoms. The van der Waals surface area contributed by atoms with E-state index in [4.69, 9.17) is 0 Å². The number of carbonyl (C=O) groups is 1. The van der Waals surface area contributed by atoms with E-state index in [1.165, 1.54) is 18.6 Å². The van der Waals surface area contributed by atoms with E-state index in [9.17, 15) is 18.0 Å². The topological polar surface area (TPSA) is 29.1 Å².